The average molecular weight is 142 g/mol. The predicted molar refractivity (Wildman–Crippen MR) is 43.0 cm³/mol. The van der Waals surface area contributed by atoms with Gasteiger partial charge in [0.05, 0.1) is 12.2 Å². The van der Waals surface area contributed by atoms with Crippen LogP contribution in [0.2, 0.25) is 0 Å². The van der Waals surface area contributed by atoms with E-state index in [1.165, 1.54) is 0 Å². The Morgan fingerprint density at radius 3 is 1.90 bits per heavy atom. The molecule has 1 heteroatoms. The molecule has 0 bridgehead atoms. The summed E-state index contributed by atoms with van der Waals surface area (Å²) in [4.78, 5) is 0. The molecule has 1 fully saturated rings. The van der Waals surface area contributed by atoms with Gasteiger partial charge in [0.15, 0.2) is 0 Å². The molecule has 10 heavy (non-hydrogen) atoms. The first kappa shape index (κ1) is 8.06. The van der Waals surface area contributed by atoms with Crippen LogP contribution in [-0.4, -0.2) is 12.2 Å². The van der Waals surface area contributed by atoms with Crippen molar-refractivity contribution >= 4 is 0 Å². The minimum absolute atomic E-state index is 0.472. The molecule has 0 aromatic carbocycles. The summed E-state index contributed by atoms with van der Waals surface area (Å²) < 4.78 is 5.73. The Balaban J connectivity index is 2.53. The zero-order chi connectivity index (χ0) is 7.72. The molecule has 0 aromatic heterocycles. The molecule has 0 aromatic rings. The summed E-state index contributed by atoms with van der Waals surface area (Å²) in [5.74, 6) is 1.49. The molecule has 1 heterocycles. The van der Waals surface area contributed by atoms with Gasteiger partial charge in [-0.1, -0.05) is 20.8 Å². The highest BCUT2D eigenvalue weighted by Gasteiger charge is 2.34. The molecule has 1 nitrogen and oxygen atoms in total. The van der Waals surface area contributed by atoms with E-state index < -0.39 is 0 Å². The second-order valence-corrected chi connectivity index (χ2v) is 3.51. The summed E-state index contributed by atoms with van der Waals surface area (Å²) in [6.45, 7) is 8.95. The van der Waals surface area contributed by atoms with Crippen molar-refractivity contribution in [1.82, 2.24) is 0 Å². The molecule has 0 aliphatic carbocycles. The van der Waals surface area contributed by atoms with E-state index in [4.69, 9.17) is 4.74 Å². The molecular formula is C9H18O. The van der Waals surface area contributed by atoms with Crippen LogP contribution in [-0.2, 0) is 4.74 Å². The first-order chi connectivity index (χ1) is 4.66. The fourth-order valence-corrected chi connectivity index (χ4v) is 1.76. The third kappa shape index (κ3) is 1.20. The number of hydrogen-bond donors (Lipinski definition) is 0. The highest BCUT2D eigenvalue weighted by Crippen LogP contribution is 2.32. The molecule has 0 N–H and O–H groups in total. The monoisotopic (exact) mass is 142 g/mol. The summed E-state index contributed by atoms with van der Waals surface area (Å²) in [5.41, 5.74) is 0. The van der Waals surface area contributed by atoms with Gasteiger partial charge in [-0.15, -0.1) is 0 Å². The summed E-state index contributed by atoms with van der Waals surface area (Å²) in [6.07, 6.45) is 2.15. The molecule has 0 spiro atoms. The molecule has 1 aliphatic heterocycles. The molecule has 1 saturated heterocycles. The van der Waals surface area contributed by atoms with Gasteiger partial charge in [0.2, 0.25) is 0 Å². The topological polar surface area (TPSA) is 9.23 Å². The van der Waals surface area contributed by atoms with Crippen LogP contribution < -0.4 is 0 Å². The van der Waals surface area contributed by atoms with Crippen molar-refractivity contribution in [2.24, 2.45) is 11.8 Å². The van der Waals surface area contributed by atoms with Crippen LogP contribution in [0.5, 0.6) is 0 Å². The lowest BCUT2D eigenvalue weighted by molar-refractivity contribution is 0.0393. The Morgan fingerprint density at radius 2 is 1.70 bits per heavy atom. The minimum Gasteiger partial charge on any atom is -0.375 e. The Hall–Kier alpha value is -0.0400. The summed E-state index contributed by atoms with van der Waals surface area (Å²) >= 11 is 0. The molecule has 1 aliphatic rings. The van der Waals surface area contributed by atoms with Crippen molar-refractivity contribution in [3.8, 4) is 0 Å². The van der Waals surface area contributed by atoms with Gasteiger partial charge in [-0.25, -0.2) is 0 Å². The van der Waals surface area contributed by atoms with Gasteiger partial charge in [0.25, 0.3) is 0 Å². The molecule has 60 valence electrons. The zero-order valence-electron chi connectivity index (χ0n) is 7.42. The van der Waals surface area contributed by atoms with Crippen molar-refractivity contribution < 1.29 is 4.74 Å². The Morgan fingerprint density at radius 1 is 1.10 bits per heavy atom. The van der Waals surface area contributed by atoms with E-state index in [0.29, 0.717) is 12.2 Å². The van der Waals surface area contributed by atoms with Gasteiger partial charge in [0.1, 0.15) is 0 Å². The quantitative estimate of drug-likeness (QED) is 0.546. The second-order valence-electron chi connectivity index (χ2n) is 3.51. The van der Waals surface area contributed by atoms with E-state index in [9.17, 15) is 0 Å². The highest BCUT2D eigenvalue weighted by molar-refractivity contribution is 4.82. The van der Waals surface area contributed by atoms with E-state index in [2.05, 4.69) is 27.7 Å². The average Bonchev–Trinajstić information content (AvgIpc) is 2.17. The van der Waals surface area contributed by atoms with Crippen molar-refractivity contribution in [3.05, 3.63) is 0 Å². The summed E-state index contributed by atoms with van der Waals surface area (Å²) in [7, 11) is 0. The van der Waals surface area contributed by atoms with Gasteiger partial charge in [-0.2, -0.15) is 0 Å². The Bertz CT molecular complexity index is 111. The van der Waals surface area contributed by atoms with Crippen LogP contribution in [0.1, 0.15) is 34.1 Å². The predicted octanol–water partition coefficient (Wildman–Crippen LogP) is 2.46. The standard InChI is InChI=1S/C9H18O/c1-5-9-7(3)6(2)8(4)10-9/h6-9H,5H2,1-4H3/t6-,7+,8?,9-/m0/s1. The van der Waals surface area contributed by atoms with Gasteiger partial charge in [-0.3, -0.25) is 0 Å². The number of ether oxygens (including phenoxy) is 1. The number of rotatable bonds is 1. The van der Waals surface area contributed by atoms with Crippen LogP contribution >= 0.6 is 0 Å². The summed E-state index contributed by atoms with van der Waals surface area (Å²) in [6, 6.07) is 0. The van der Waals surface area contributed by atoms with Crippen molar-refractivity contribution in [2.45, 2.75) is 46.3 Å². The Kier molecular flexibility index (Phi) is 2.35. The molecule has 0 saturated carbocycles. The van der Waals surface area contributed by atoms with Gasteiger partial charge >= 0.3 is 0 Å². The van der Waals surface area contributed by atoms with Gasteiger partial charge < -0.3 is 4.74 Å². The third-order valence-corrected chi connectivity index (χ3v) is 2.95. The smallest absolute Gasteiger partial charge is 0.0605 e. The van der Waals surface area contributed by atoms with Crippen molar-refractivity contribution in [1.29, 1.82) is 0 Å². The first-order valence-electron chi connectivity index (χ1n) is 4.32. The first-order valence-corrected chi connectivity index (χ1v) is 4.32. The van der Waals surface area contributed by atoms with Crippen molar-refractivity contribution in [2.75, 3.05) is 0 Å². The van der Waals surface area contributed by atoms with E-state index in [1.807, 2.05) is 0 Å². The maximum atomic E-state index is 5.73. The normalized spacial score (nSPS) is 48.0. The molecular weight excluding hydrogens is 124 g/mol. The lowest BCUT2D eigenvalue weighted by atomic mass is 9.90. The maximum absolute atomic E-state index is 5.73. The number of hydrogen-bond acceptors (Lipinski definition) is 1. The van der Waals surface area contributed by atoms with Gasteiger partial charge in [-0.05, 0) is 25.2 Å². The van der Waals surface area contributed by atoms with E-state index in [-0.39, 0.29) is 0 Å². The fourth-order valence-electron chi connectivity index (χ4n) is 1.76. The zero-order valence-corrected chi connectivity index (χ0v) is 7.42. The SMILES string of the molecule is CC[C@@H]1OC(C)[C@@H](C)[C@H]1C. The van der Waals surface area contributed by atoms with Crippen LogP contribution in [0, 0.1) is 11.8 Å². The summed E-state index contributed by atoms with van der Waals surface area (Å²) in [5, 5.41) is 0. The van der Waals surface area contributed by atoms with Crippen LogP contribution in [0.25, 0.3) is 0 Å². The second kappa shape index (κ2) is 2.91. The minimum atomic E-state index is 0.472. The van der Waals surface area contributed by atoms with E-state index >= 15 is 0 Å². The highest BCUT2D eigenvalue weighted by atomic mass is 16.5. The van der Waals surface area contributed by atoms with E-state index in [1.54, 1.807) is 0 Å². The van der Waals surface area contributed by atoms with E-state index in [0.717, 1.165) is 18.3 Å². The fraction of sp³-hybridized carbons (Fsp3) is 1.00. The van der Waals surface area contributed by atoms with Crippen LogP contribution in [0.4, 0.5) is 0 Å². The molecule has 0 amide bonds. The van der Waals surface area contributed by atoms with Crippen LogP contribution in [0.15, 0.2) is 0 Å². The van der Waals surface area contributed by atoms with Crippen molar-refractivity contribution in [3.63, 3.8) is 0 Å². The molecule has 4 atom stereocenters. The molecule has 1 unspecified atom stereocenters. The molecule has 0 radical (unpaired) electrons. The molecule has 1 rings (SSSR count). The third-order valence-electron chi connectivity index (χ3n) is 2.95. The Labute approximate surface area is 63.8 Å². The lowest BCUT2D eigenvalue weighted by Gasteiger charge is -2.12. The lowest BCUT2D eigenvalue weighted by Crippen LogP contribution is -2.14. The van der Waals surface area contributed by atoms with Crippen LogP contribution in [0.3, 0.4) is 0 Å². The van der Waals surface area contributed by atoms with Gasteiger partial charge in [0, 0.05) is 0 Å². The maximum Gasteiger partial charge on any atom is 0.0605 e. The largest absolute Gasteiger partial charge is 0.375 e.